The van der Waals surface area contributed by atoms with Crippen LogP contribution < -0.4 is 0 Å². The average Bonchev–Trinajstić information content (AvgIpc) is 2.02. The third kappa shape index (κ3) is 2.38. The molecule has 1 aromatic carbocycles. The zero-order valence-electron chi connectivity index (χ0n) is 7.13. The molecule has 0 aliphatic rings. The summed E-state index contributed by atoms with van der Waals surface area (Å²) in [6, 6.07) is 3.48. The molecule has 0 aliphatic carbocycles. The standard InChI is InChI=1S/C7H8O5S2/c1-5-2-3-6(13(8)9)4-7(5)14(10,11)12/h2-4H,1H3,(H,8,9)(H,10,11,12)/p-1. The lowest BCUT2D eigenvalue weighted by Gasteiger charge is -2.08. The van der Waals surface area contributed by atoms with Crippen molar-refractivity contribution in [1.82, 2.24) is 0 Å². The first-order chi connectivity index (χ1) is 6.32. The van der Waals surface area contributed by atoms with Crippen LogP contribution in [-0.2, 0) is 21.2 Å². The van der Waals surface area contributed by atoms with Gasteiger partial charge in [-0.15, -0.1) is 0 Å². The maximum absolute atomic E-state index is 10.8. The normalized spacial score (nSPS) is 13.9. The van der Waals surface area contributed by atoms with Crippen LogP contribution in [0.3, 0.4) is 0 Å². The Morgan fingerprint density at radius 2 is 2.00 bits per heavy atom. The van der Waals surface area contributed by atoms with Gasteiger partial charge in [-0.05, 0) is 35.7 Å². The number of rotatable bonds is 2. The zero-order valence-corrected chi connectivity index (χ0v) is 8.76. The predicted molar refractivity (Wildman–Crippen MR) is 48.2 cm³/mol. The number of aryl methyl sites for hydroxylation is 1. The van der Waals surface area contributed by atoms with Crippen molar-refractivity contribution < 1.29 is 21.7 Å². The van der Waals surface area contributed by atoms with Gasteiger partial charge in [0.05, 0.1) is 4.90 Å². The number of hydrogen-bond donors (Lipinski definition) is 1. The van der Waals surface area contributed by atoms with Gasteiger partial charge in [0, 0.05) is 4.90 Å². The Bertz CT molecular complexity index is 477. The molecule has 0 aromatic heterocycles. The van der Waals surface area contributed by atoms with Gasteiger partial charge in [-0.2, -0.15) is 8.42 Å². The largest absolute Gasteiger partial charge is 0.768 e. The monoisotopic (exact) mass is 235 g/mol. The van der Waals surface area contributed by atoms with Crippen LogP contribution in [-0.4, -0.2) is 21.7 Å². The molecule has 0 radical (unpaired) electrons. The van der Waals surface area contributed by atoms with Crippen molar-refractivity contribution >= 4 is 21.2 Å². The second-order valence-electron chi connectivity index (χ2n) is 2.64. The van der Waals surface area contributed by atoms with E-state index >= 15 is 0 Å². The summed E-state index contributed by atoms with van der Waals surface area (Å²) in [5.74, 6) is 0. The molecule has 0 spiro atoms. The van der Waals surface area contributed by atoms with E-state index in [1.54, 1.807) is 0 Å². The second kappa shape index (κ2) is 3.77. The third-order valence-corrected chi connectivity index (χ3v) is 3.26. The van der Waals surface area contributed by atoms with Crippen molar-refractivity contribution in [2.75, 3.05) is 0 Å². The molecule has 1 unspecified atom stereocenters. The Morgan fingerprint density at radius 3 is 2.43 bits per heavy atom. The summed E-state index contributed by atoms with van der Waals surface area (Å²) >= 11 is -2.51. The fourth-order valence-corrected chi connectivity index (χ4v) is 2.18. The highest BCUT2D eigenvalue weighted by molar-refractivity contribution is 7.86. The molecule has 1 N–H and O–H groups in total. The van der Waals surface area contributed by atoms with Gasteiger partial charge in [-0.3, -0.25) is 8.76 Å². The van der Waals surface area contributed by atoms with E-state index in [9.17, 15) is 17.2 Å². The lowest BCUT2D eigenvalue weighted by molar-refractivity contribution is 0.482. The summed E-state index contributed by atoms with van der Waals surface area (Å²) in [5, 5.41) is 0. The maximum Gasteiger partial charge on any atom is 0.294 e. The second-order valence-corrected chi connectivity index (χ2v) is 4.97. The Balaban J connectivity index is 3.44. The summed E-state index contributed by atoms with van der Waals surface area (Å²) in [6.07, 6.45) is 0. The van der Waals surface area contributed by atoms with Gasteiger partial charge >= 0.3 is 0 Å². The lowest BCUT2D eigenvalue weighted by Crippen LogP contribution is -2.02. The molecule has 0 aliphatic heterocycles. The molecule has 1 aromatic rings. The van der Waals surface area contributed by atoms with Crippen LogP contribution >= 0.6 is 0 Å². The molecule has 0 saturated carbocycles. The van der Waals surface area contributed by atoms with Gasteiger partial charge in [0.15, 0.2) is 0 Å². The molecule has 1 atom stereocenters. The molecule has 14 heavy (non-hydrogen) atoms. The van der Waals surface area contributed by atoms with Crippen molar-refractivity contribution in [2.24, 2.45) is 0 Å². The highest BCUT2D eigenvalue weighted by atomic mass is 32.2. The fraction of sp³-hybridized carbons (Fsp3) is 0.143. The average molecular weight is 235 g/mol. The quantitative estimate of drug-likeness (QED) is 0.594. The van der Waals surface area contributed by atoms with Crippen LogP contribution in [0.4, 0.5) is 0 Å². The van der Waals surface area contributed by atoms with E-state index in [1.807, 2.05) is 0 Å². The molecule has 7 heteroatoms. The van der Waals surface area contributed by atoms with E-state index in [0.29, 0.717) is 5.56 Å². The van der Waals surface area contributed by atoms with Crippen LogP contribution in [0.1, 0.15) is 5.56 Å². The summed E-state index contributed by atoms with van der Waals surface area (Å²) in [5.41, 5.74) is 0.293. The van der Waals surface area contributed by atoms with Gasteiger partial charge in [-0.1, -0.05) is 6.07 Å². The predicted octanol–water partition coefficient (Wildman–Crippen LogP) is 0.480. The summed E-state index contributed by atoms with van der Waals surface area (Å²) < 4.78 is 51.3. The molecule has 0 saturated heterocycles. The maximum atomic E-state index is 10.8. The molecular weight excluding hydrogens is 228 g/mol. The van der Waals surface area contributed by atoms with Crippen molar-refractivity contribution in [1.29, 1.82) is 0 Å². The van der Waals surface area contributed by atoms with Gasteiger partial charge in [-0.25, -0.2) is 0 Å². The summed E-state index contributed by atoms with van der Waals surface area (Å²) in [7, 11) is -4.36. The first-order valence-corrected chi connectivity index (χ1v) is 6.01. The van der Waals surface area contributed by atoms with E-state index in [-0.39, 0.29) is 9.79 Å². The van der Waals surface area contributed by atoms with E-state index in [0.717, 1.165) is 6.07 Å². The Morgan fingerprint density at radius 1 is 1.43 bits per heavy atom. The van der Waals surface area contributed by atoms with Gasteiger partial charge in [0.25, 0.3) is 10.1 Å². The molecule has 0 bridgehead atoms. The molecular formula is C7H7O5S2-. The topological polar surface area (TPSA) is 94.5 Å². The Kier molecular flexibility index (Phi) is 3.05. The highest BCUT2D eigenvalue weighted by Gasteiger charge is 2.13. The fourth-order valence-electron chi connectivity index (χ4n) is 0.962. The highest BCUT2D eigenvalue weighted by Crippen LogP contribution is 2.18. The van der Waals surface area contributed by atoms with Gasteiger partial charge in [0.1, 0.15) is 0 Å². The van der Waals surface area contributed by atoms with Crippen LogP contribution in [0, 0.1) is 6.92 Å². The summed E-state index contributed by atoms with van der Waals surface area (Å²) in [4.78, 5) is -0.567. The van der Waals surface area contributed by atoms with Gasteiger partial charge in [0.2, 0.25) is 0 Å². The molecule has 5 nitrogen and oxygen atoms in total. The van der Waals surface area contributed by atoms with Crippen LogP contribution in [0.2, 0.25) is 0 Å². The first kappa shape index (κ1) is 11.3. The van der Waals surface area contributed by atoms with Crippen molar-refractivity contribution in [3.8, 4) is 0 Å². The minimum absolute atomic E-state index is 0.178. The minimum atomic E-state index is -4.36. The Labute approximate surface area is 83.8 Å². The third-order valence-electron chi connectivity index (χ3n) is 1.63. The van der Waals surface area contributed by atoms with E-state index in [2.05, 4.69) is 0 Å². The molecule has 78 valence electrons. The lowest BCUT2D eigenvalue weighted by atomic mass is 10.2. The van der Waals surface area contributed by atoms with E-state index in [1.165, 1.54) is 19.1 Å². The molecule has 0 heterocycles. The minimum Gasteiger partial charge on any atom is -0.768 e. The molecule has 0 fully saturated rings. The number of hydrogen-bond acceptors (Lipinski definition) is 4. The van der Waals surface area contributed by atoms with Crippen molar-refractivity contribution in [2.45, 2.75) is 16.7 Å². The SMILES string of the molecule is Cc1ccc(S(=O)[O-])cc1S(=O)(=O)O. The van der Waals surface area contributed by atoms with Crippen LogP contribution in [0.25, 0.3) is 0 Å². The van der Waals surface area contributed by atoms with Gasteiger partial charge < -0.3 is 4.55 Å². The van der Waals surface area contributed by atoms with Crippen molar-refractivity contribution in [3.05, 3.63) is 23.8 Å². The Hall–Kier alpha value is -0.760. The smallest absolute Gasteiger partial charge is 0.294 e. The van der Waals surface area contributed by atoms with Crippen LogP contribution in [0.5, 0.6) is 0 Å². The first-order valence-electron chi connectivity index (χ1n) is 3.50. The van der Waals surface area contributed by atoms with Crippen molar-refractivity contribution in [3.63, 3.8) is 0 Å². The number of benzene rings is 1. The zero-order chi connectivity index (χ0) is 10.9. The van der Waals surface area contributed by atoms with Crippen LogP contribution in [0.15, 0.2) is 28.0 Å². The summed E-state index contributed by atoms with van der Waals surface area (Å²) in [6.45, 7) is 1.46. The molecule has 0 amide bonds. The molecule has 1 rings (SSSR count). The van der Waals surface area contributed by atoms with E-state index in [4.69, 9.17) is 4.55 Å². The van der Waals surface area contributed by atoms with E-state index < -0.39 is 21.2 Å².